The zero-order valence-corrected chi connectivity index (χ0v) is 14.4. The minimum atomic E-state index is -0.256. The quantitative estimate of drug-likeness (QED) is 0.694. The molecule has 5 nitrogen and oxygen atoms in total. The summed E-state index contributed by atoms with van der Waals surface area (Å²) in [5.74, 6) is 2.13. The highest BCUT2D eigenvalue weighted by Gasteiger charge is 2.27. The Morgan fingerprint density at radius 1 is 1.00 bits per heavy atom. The van der Waals surface area contributed by atoms with Crippen LogP contribution in [-0.2, 0) is 11.3 Å². The average Bonchev–Trinajstić information content (AvgIpc) is 3.33. The van der Waals surface area contributed by atoms with E-state index in [1.165, 1.54) is 0 Å². The zero-order valence-electron chi connectivity index (χ0n) is 14.4. The molecule has 2 aromatic carbocycles. The van der Waals surface area contributed by atoms with Crippen LogP contribution in [0, 0.1) is 0 Å². The molecule has 1 amide bonds. The van der Waals surface area contributed by atoms with Gasteiger partial charge in [-0.25, -0.2) is 0 Å². The predicted molar refractivity (Wildman–Crippen MR) is 95.8 cm³/mol. The van der Waals surface area contributed by atoms with Gasteiger partial charge in [-0.2, -0.15) is 0 Å². The fourth-order valence-corrected chi connectivity index (χ4v) is 3.23. The Morgan fingerprint density at radius 2 is 1.81 bits per heavy atom. The fraction of sp³-hybridized carbons (Fsp3) is 0.190. The molecule has 0 bridgehead atoms. The average molecular weight is 349 g/mol. The largest absolute Gasteiger partial charge is 0.467 e. The number of fused-ring (bicyclic) bond motifs is 1. The zero-order chi connectivity index (χ0) is 17.9. The number of furan rings is 1. The Hall–Kier alpha value is -3.21. The summed E-state index contributed by atoms with van der Waals surface area (Å²) in [6.45, 7) is 2.18. The lowest BCUT2D eigenvalue weighted by Gasteiger charge is -2.31. The SMILES string of the molecule is CC(=O)N(Cc1ccco1)[C@H](c1ccccc1)c1ccc2c(c1)OCO2. The monoisotopic (exact) mass is 349 g/mol. The van der Waals surface area contributed by atoms with E-state index in [2.05, 4.69) is 0 Å². The molecule has 3 aromatic rings. The normalized spacial score (nSPS) is 13.4. The molecule has 0 N–H and O–H groups in total. The molecule has 1 aliphatic heterocycles. The van der Waals surface area contributed by atoms with Gasteiger partial charge in [0.05, 0.1) is 18.8 Å². The lowest BCUT2D eigenvalue weighted by molar-refractivity contribution is -0.131. The van der Waals surface area contributed by atoms with E-state index in [1.807, 2.05) is 60.7 Å². The van der Waals surface area contributed by atoms with Crippen molar-refractivity contribution in [3.8, 4) is 11.5 Å². The second-order valence-corrected chi connectivity index (χ2v) is 6.15. The van der Waals surface area contributed by atoms with Crippen molar-refractivity contribution in [1.82, 2.24) is 4.90 Å². The van der Waals surface area contributed by atoms with Crippen LogP contribution in [0.3, 0.4) is 0 Å². The highest BCUT2D eigenvalue weighted by molar-refractivity contribution is 5.74. The van der Waals surface area contributed by atoms with E-state index in [9.17, 15) is 4.79 Å². The number of carbonyl (C=O) groups is 1. The second-order valence-electron chi connectivity index (χ2n) is 6.15. The molecule has 2 heterocycles. The van der Waals surface area contributed by atoms with Crippen molar-refractivity contribution in [3.05, 3.63) is 83.8 Å². The van der Waals surface area contributed by atoms with Crippen molar-refractivity contribution in [2.45, 2.75) is 19.5 Å². The molecular formula is C21H19NO4. The number of nitrogens with zero attached hydrogens (tertiary/aromatic N) is 1. The van der Waals surface area contributed by atoms with Crippen LogP contribution in [0.1, 0.15) is 29.9 Å². The molecular weight excluding hydrogens is 330 g/mol. The van der Waals surface area contributed by atoms with Gasteiger partial charge in [0, 0.05) is 6.92 Å². The fourth-order valence-electron chi connectivity index (χ4n) is 3.23. The van der Waals surface area contributed by atoms with E-state index >= 15 is 0 Å². The Bertz CT molecular complexity index is 890. The van der Waals surface area contributed by atoms with Crippen LogP contribution >= 0.6 is 0 Å². The first kappa shape index (κ1) is 16.3. The van der Waals surface area contributed by atoms with Crippen LogP contribution in [0.4, 0.5) is 0 Å². The third kappa shape index (κ3) is 3.16. The third-order valence-corrected chi connectivity index (χ3v) is 4.45. The topological polar surface area (TPSA) is 51.9 Å². The first-order valence-corrected chi connectivity index (χ1v) is 8.46. The number of hydrogen-bond acceptors (Lipinski definition) is 4. The number of amides is 1. The summed E-state index contributed by atoms with van der Waals surface area (Å²) in [4.78, 5) is 14.3. The van der Waals surface area contributed by atoms with Gasteiger partial charge >= 0.3 is 0 Å². The van der Waals surface area contributed by atoms with Gasteiger partial charge in [-0.05, 0) is 35.4 Å². The maximum absolute atomic E-state index is 12.5. The molecule has 1 atom stereocenters. The summed E-state index contributed by atoms with van der Waals surface area (Å²) in [6.07, 6.45) is 1.62. The summed E-state index contributed by atoms with van der Waals surface area (Å²) in [6, 6.07) is 19.2. The molecule has 1 aromatic heterocycles. The van der Waals surface area contributed by atoms with Crippen LogP contribution in [0.5, 0.6) is 11.5 Å². The van der Waals surface area contributed by atoms with E-state index in [1.54, 1.807) is 18.1 Å². The lowest BCUT2D eigenvalue weighted by atomic mass is 9.96. The van der Waals surface area contributed by atoms with Crippen LogP contribution < -0.4 is 9.47 Å². The summed E-state index contributed by atoms with van der Waals surface area (Å²) in [5.41, 5.74) is 1.98. The summed E-state index contributed by atoms with van der Waals surface area (Å²) in [7, 11) is 0. The summed E-state index contributed by atoms with van der Waals surface area (Å²) in [5, 5.41) is 0. The van der Waals surface area contributed by atoms with Crippen LogP contribution in [0.15, 0.2) is 71.3 Å². The Balaban J connectivity index is 1.78. The first-order chi connectivity index (χ1) is 12.7. The van der Waals surface area contributed by atoms with Gasteiger partial charge in [-0.3, -0.25) is 4.79 Å². The van der Waals surface area contributed by atoms with Gasteiger partial charge in [0.15, 0.2) is 11.5 Å². The Kier molecular flexibility index (Phi) is 4.35. The van der Waals surface area contributed by atoms with Gasteiger partial charge in [0.1, 0.15) is 5.76 Å². The maximum Gasteiger partial charge on any atom is 0.231 e. The standard InChI is InChI=1S/C21H19NO4/c1-15(23)22(13-18-8-5-11-24-18)21(16-6-3-2-4-7-16)17-9-10-19-20(12-17)26-14-25-19/h2-12,21H,13-14H2,1H3/t21-/m1/s1. The van der Waals surface area contributed by atoms with Crippen LogP contribution in [0.25, 0.3) is 0 Å². The molecule has 0 saturated heterocycles. The van der Waals surface area contributed by atoms with Crippen molar-refractivity contribution < 1.29 is 18.7 Å². The molecule has 0 radical (unpaired) electrons. The first-order valence-electron chi connectivity index (χ1n) is 8.46. The number of rotatable bonds is 5. The van der Waals surface area contributed by atoms with Crippen molar-refractivity contribution >= 4 is 5.91 Å². The van der Waals surface area contributed by atoms with Crippen LogP contribution in [-0.4, -0.2) is 17.6 Å². The second kappa shape index (κ2) is 6.96. The van der Waals surface area contributed by atoms with E-state index < -0.39 is 0 Å². The highest BCUT2D eigenvalue weighted by atomic mass is 16.7. The van der Waals surface area contributed by atoms with Gasteiger partial charge in [0.2, 0.25) is 12.7 Å². The summed E-state index contributed by atoms with van der Waals surface area (Å²) < 4.78 is 16.4. The van der Waals surface area contributed by atoms with Crippen molar-refractivity contribution in [2.75, 3.05) is 6.79 Å². The Morgan fingerprint density at radius 3 is 2.54 bits per heavy atom. The van der Waals surface area contributed by atoms with Gasteiger partial charge in [-0.1, -0.05) is 36.4 Å². The number of hydrogen-bond donors (Lipinski definition) is 0. The van der Waals surface area contributed by atoms with E-state index in [4.69, 9.17) is 13.9 Å². The molecule has 5 heteroatoms. The van der Waals surface area contributed by atoms with Crippen molar-refractivity contribution in [2.24, 2.45) is 0 Å². The minimum Gasteiger partial charge on any atom is -0.467 e. The summed E-state index contributed by atoms with van der Waals surface area (Å²) >= 11 is 0. The molecule has 4 rings (SSSR count). The molecule has 1 aliphatic rings. The third-order valence-electron chi connectivity index (χ3n) is 4.45. The Labute approximate surface area is 151 Å². The number of ether oxygens (including phenoxy) is 2. The van der Waals surface area contributed by atoms with Crippen LogP contribution in [0.2, 0.25) is 0 Å². The van der Waals surface area contributed by atoms with Gasteiger partial charge in [-0.15, -0.1) is 0 Å². The predicted octanol–water partition coefficient (Wildman–Crippen LogP) is 4.15. The highest BCUT2D eigenvalue weighted by Crippen LogP contribution is 2.38. The van der Waals surface area contributed by atoms with Crippen molar-refractivity contribution in [1.29, 1.82) is 0 Å². The van der Waals surface area contributed by atoms with E-state index in [0.717, 1.165) is 22.6 Å². The minimum absolute atomic E-state index is 0.0343. The molecule has 0 fully saturated rings. The molecule has 132 valence electrons. The van der Waals surface area contributed by atoms with Gasteiger partial charge in [0.25, 0.3) is 0 Å². The van der Waals surface area contributed by atoms with E-state index in [-0.39, 0.29) is 18.7 Å². The molecule has 26 heavy (non-hydrogen) atoms. The molecule has 0 saturated carbocycles. The number of benzene rings is 2. The lowest BCUT2D eigenvalue weighted by Crippen LogP contribution is -2.33. The molecule has 0 aliphatic carbocycles. The smallest absolute Gasteiger partial charge is 0.231 e. The number of carbonyl (C=O) groups excluding carboxylic acids is 1. The van der Waals surface area contributed by atoms with Gasteiger partial charge < -0.3 is 18.8 Å². The van der Waals surface area contributed by atoms with E-state index in [0.29, 0.717) is 12.3 Å². The maximum atomic E-state index is 12.5. The molecule has 0 spiro atoms. The molecule has 0 unspecified atom stereocenters. The van der Waals surface area contributed by atoms with Crippen molar-refractivity contribution in [3.63, 3.8) is 0 Å².